The molecule has 0 aromatic carbocycles. The van der Waals surface area contributed by atoms with Gasteiger partial charge < -0.3 is 15.4 Å². The predicted octanol–water partition coefficient (Wildman–Crippen LogP) is 0.459. The maximum absolute atomic E-state index is 11.5. The van der Waals surface area contributed by atoms with Crippen LogP contribution in [0.25, 0.3) is 0 Å². The van der Waals surface area contributed by atoms with Gasteiger partial charge in [-0.25, -0.2) is 0 Å². The molecule has 1 rings (SSSR count). The van der Waals surface area contributed by atoms with Crippen LogP contribution in [0.3, 0.4) is 0 Å². The van der Waals surface area contributed by atoms with Gasteiger partial charge in [-0.05, 0) is 12.5 Å². The quantitative estimate of drug-likeness (QED) is 0.630. The van der Waals surface area contributed by atoms with E-state index >= 15 is 0 Å². The lowest BCUT2D eigenvalue weighted by Crippen LogP contribution is -2.46. The van der Waals surface area contributed by atoms with Crippen molar-refractivity contribution in [3.63, 3.8) is 0 Å². The number of nitrogens with one attached hydrogen (secondary N) is 2. The van der Waals surface area contributed by atoms with Gasteiger partial charge in [0.1, 0.15) is 0 Å². The van der Waals surface area contributed by atoms with E-state index in [4.69, 9.17) is 4.74 Å². The third-order valence-corrected chi connectivity index (χ3v) is 3.28. The molecule has 1 aliphatic rings. The average molecular weight is 271 g/mol. The van der Waals surface area contributed by atoms with Gasteiger partial charge in [0.15, 0.2) is 0 Å². The molecular formula is C14H29N3O2. The molecule has 0 aliphatic carbocycles. The molecule has 0 bridgehead atoms. The van der Waals surface area contributed by atoms with Gasteiger partial charge in [-0.15, -0.1) is 0 Å². The van der Waals surface area contributed by atoms with Gasteiger partial charge in [-0.2, -0.15) is 0 Å². The number of carbonyl (C=O) groups is 1. The lowest BCUT2D eigenvalue weighted by molar-refractivity contribution is -0.121. The maximum atomic E-state index is 11.5. The Morgan fingerprint density at radius 2 is 2.26 bits per heavy atom. The molecule has 1 fully saturated rings. The number of nitrogens with zero attached hydrogens (tertiary/aromatic N) is 1. The SMILES string of the molecule is CCN1CCOC(CNCCC(=O)NCC(C)C)C1. The number of amides is 1. The minimum Gasteiger partial charge on any atom is -0.374 e. The Balaban J connectivity index is 2.02. The van der Waals surface area contributed by atoms with E-state index < -0.39 is 0 Å². The molecule has 1 unspecified atom stereocenters. The topological polar surface area (TPSA) is 53.6 Å². The zero-order valence-corrected chi connectivity index (χ0v) is 12.6. The molecule has 1 saturated heterocycles. The number of hydrogen-bond acceptors (Lipinski definition) is 4. The summed E-state index contributed by atoms with van der Waals surface area (Å²) in [6, 6.07) is 0. The van der Waals surface area contributed by atoms with Gasteiger partial charge in [-0.1, -0.05) is 20.8 Å². The molecule has 0 aromatic rings. The van der Waals surface area contributed by atoms with E-state index in [2.05, 4.69) is 36.3 Å². The van der Waals surface area contributed by atoms with Crippen molar-refractivity contribution in [1.29, 1.82) is 0 Å². The summed E-state index contributed by atoms with van der Waals surface area (Å²) in [6.45, 7) is 12.6. The highest BCUT2D eigenvalue weighted by Crippen LogP contribution is 2.03. The Morgan fingerprint density at radius 3 is 2.95 bits per heavy atom. The standard InChI is InChI=1S/C14H29N3O2/c1-4-17-7-8-19-13(11-17)10-15-6-5-14(18)16-9-12(2)3/h12-13,15H,4-11H2,1-3H3,(H,16,18). The molecule has 0 radical (unpaired) electrons. The average Bonchev–Trinajstić information content (AvgIpc) is 2.41. The van der Waals surface area contributed by atoms with Crippen LogP contribution >= 0.6 is 0 Å². The maximum Gasteiger partial charge on any atom is 0.221 e. The highest BCUT2D eigenvalue weighted by Gasteiger charge is 2.18. The Morgan fingerprint density at radius 1 is 1.47 bits per heavy atom. The Hall–Kier alpha value is -0.650. The first kappa shape index (κ1) is 16.4. The molecule has 19 heavy (non-hydrogen) atoms. The first-order valence-electron chi connectivity index (χ1n) is 7.43. The van der Waals surface area contributed by atoms with Crippen molar-refractivity contribution in [2.45, 2.75) is 33.3 Å². The summed E-state index contributed by atoms with van der Waals surface area (Å²) >= 11 is 0. The number of carbonyl (C=O) groups excluding carboxylic acids is 1. The third-order valence-electron chi connectivity index (χ3n) is 3.28. The van der Waals surface area contributed by atoms with Crippen LogP contribution in [0, 0.1) is 5.92 Å². The summed E-state index contributed by atoms with van der Waals surface area (Å²) in [6.07, 6.45) is 0.795. The van der Waals surface area contributed by atoms with Crippen LogP contribution in [0.5, 0.6) is 0 Å². The minimum absolute atomic E-state index is 0.126. The van der Waals surface area contributed by atoms with Gasteiger partial charge >= 0.3 is 0 Å². The predicted molar refractivity (Wildman–Crippen MR) is 77.2 cm³/mol. The second-order valence-electron chi connectivity index (χ2n) is 5.54. The molecule has 2 N–H and O–H groups in total. The fourth-order valence-corrected chi connectivity index (χ4v) is 2.06. The summed E-state index contributed by atoms with van der Waals surface area (Å²) in [4.78, 5) is 13.9. The number of rotatable bonds is 8. The third kappa shape index (κ3) is 7.50. The van der Waals surface area contributed by atoms with Crippen LogP contribution in [0.4, 0.5) is 0 Å². The molecule has 1 heterocycles. The summed E-state index contributed by atoms with van der Waals surface area (Å²) in [5.41, 5.74) is 0. The number of morpholine rings is 1. The fraction of sp³-hybridized carbons (Fsp3) is 0.929. The number of hydrogen-bond donors (Lipinski definition) is 2. The fourth-order valence-electron chi connectivity index (χ4n) is 2.06. The van der Waals surface area contributed by atoms with E-state index in [1.807, 2.05) is 0 Å². The van der Waals surface area contributed by atoms with Crippen molar-refractivity contribution in [2.75, 3.05) is 45.9 Å². The van der Waals surface area contributed by atoms with E-state index in [1.165, 1.54) is 0 Å². The van der Waals surface area contributed by atoms with E-state index in [-0.39, 0.29) is 12.0 Å². The highest BCUT2D eigenvalue weighted by atomic mass is 16.5. The molecule has 5 heteroatoms. The van der Waals surface area contributed by atoms with Crippen molar-refractivity contribution >= 4 is 5.91 Å². The van der Waals surface area contributed by atoms with Crippen LogP contribution < -0.4 is 10.6 Å². The molecule has 0 aromatic heterocycles. The van der Waals surface area contributed by atoms with Gasteiger partial charge in [0.2, 0.25) is 5.91 Å². The van der Waals surface area contributed by atoms with E-state index in [0.29, 0.717) is 12.3 Å². The second-order valence-corrected chi connectivity index (χ2v) is 5.54. The summed E-state index contributed by atoms with van der Waals surface area (Å²) in [5.74, 6) is 0.633. The molecule has 1 aliphatic heterocycles. The van der Waals surface area contributed by atoms with Crippen molar-refractivity contribution < 1.29 is 9.53 Å². The van der Waals surface area contributed by atoms with Crippen molar-refractivity contribution in [3.8, 4) is 0 Å². The summed E-state index contributed by atoms with van der Waals surface area (Å²) in [7, 11) is 0. The number of ether oxygens (including phenoxy) is 1. The molecule has 5 nitrogen and oxygen atoms in total. The van der Waals surface area contributed by atoms with E-state index in [0.717, 1.165) is 45.9 Å². The van der Waals surface area contributed by atoms with Gasteiger partial charge in [0.25, 0.3) is 0 Å². The lowest BCUT2D eigenvalue weighted by atomic mass is 10.2. The second kappa shape index (κ2) is 9.28. The minimum atomic E-state index is 0.126. The molecule has 1 amide bonds. The monoisotopic (exact) mass is 271 g/mol. The zero-order chi connectivity index (χ0) is 14.1. The Labute approximate surface area is 117 Å². The Kier molecular flexibility index (Phi) is 8.02. The molecule has 1 atom stereocenters. The first-order valence-corrected chi connectivity index (χ1v) is 7.43. The molecule has 0 saturated carbocycles. The van der Waals surface area contributed by atoms with Crippen LogP contribution in [0.1, 0.15) is 27.2 Å². The zero-order valence-electron chi connectivity index (χ0n) is 12.6. The Bertz CT molecular complexity index is 259. The van der Waals surface area contributed by atoms with Crippen molar-refractivity contribution in [1.82, 2.24) is 15.5 Å². The number of likely N-dealkylation sites (N-methyl/N-ethyl adjacent to an activating group) is 1. The van der Waals surface area contributed by atoms with Crippen LogP contribution in [-0.2, 0) is 9.53 Å². The van der Waals surface area contributed by atoms with Crippen molar-refractivity contribution in [3.05, 3.63) is 0 Å². The van der Waals surface area contributed by atoms with Gasteiger partial charge in [0, 0.05) is 39.1 Å². The normalized spacial score (nSPS) is 20.7. The summed E-state index contributed by atoms with van der Waals surface area (Å²) in [5, 5.41) is 6.22. The largest absolute Gasteiger partial charge is 0.374 e. The van der Waals surface area contributed by atoms with Gasteiger partial charge in [-0.3, -0.25) is 9.69 Å². The molecular weight excluding hydrogens is 242 g/mol. The lowest BCUT2D eigenvalue weighted by Gasteiger charge is -2.32. The van der Waals surface area contributed by atoms with Crippen LogP contribution in [0.2, 0.25) is 0 Å². The molecule has 112 valence electrons. The highest BCUT2D eigenvalue weighted by molar-refractivity contribution is 5.76. The van der Waals surface area contributed by atoms with Crippen molar-refractivity contribution in [2.24, 2.45) is 5.92 Å². The molecule has 0 spiro atoms. The van der Waals surface area contributed by atoms with E-state index in [1.54, 1.807) is 0 Å². The van der Waals surface area contributed by atoms with Crippen LogP contribution in [-0.4, -0.2) is 62.8 Å². The van der Waals surface area contributed by atoms with E-state index in [9.17, 15) is 4.79 Å². The smallest absolute Gasteiger partial charge is 0.221 e. The first-order chi connectivity index (χ1) is 9.11. The van der Waals surface area contributed by atoms with Gasteiger partial charge in [0.05, 0.1) is 12.7 Å². The van der Waals surface area contributed by atoms with Crippen LogP contribution in [0.15, 0.2) is 0 Å². The summed E-state index contributed by atoms with van der Waals surface area (Å²) < 4.78 is 5.69.